The number of rotatable bonds is 6. The molecule has 1 saturated heterocycles. The fourth-order valence-corrected chi connectivity index (χ4v) is 3.19. The lowest BCUT2D eigenvalue weighted by Crippen LogP contribution is -2.49. The highest BCUT2D eigenvalue weighted by Crippen LogP contribution is 2.30. The summed E-state index contributed by atoms with van der Waals surface area (Å²) in [6, 6.07) is 6.69. The standard InChI is InChI=1S/C16H20N4O3/c1-23-11-16(7-3-9-19-16)10-18-13-5-6-14(20(21)22)12-4-2-8-17-15(12)13/h2,4-6,8,18-19H,3,7,9-11H2,1H3. The van der Waals surface area contributed by atoms with Crippen LogP contribution in [0.15, 0.2) is 30.5 Å². The van der Waals surface area contributed by atoms with E-state index in [9.17, 15) is 10.1 Å². The summed E-state index contributed by atoms with van der Waals surface area (Å²) in [5.41, 5.74) is 1.39. The average molecular weight is 316 g/mol. The van der Waals surface area contributed by atoms with Crippen molar-refractivity contribution in [3.8, 4) is 0 Å². The van der Waals surface area contributed by atoms with Gasteiger partial charge in [-0.25, -0.2) is 0 Å². The molecular formula is C16H20N4O3. The molecule has 1 atom stereocenters. The number of hydrogen-bond donors (Lipinski definition) is 2. The minimum atomic E-state index is -0.376. The van der Waals surface area contributed by atoms with Crippen LogP contribution in [-0.2, 0) is 4.74 Å². The minimum absolute atomic E-state index is 0.0734. The lowest BCUT2D eigenvalue weighted by atomic mass is 9.98. The van der Waals surface area contributed by atoms with Gasteiger partial charge in [0.05, 0.1) is 28.1 Å². The van der Waals surface area contributed by atoms with Crippen molar-refractivity contribution >= 4 is 22.3 Å². The zero-order valence-electron chi connectivity index (χ0n) is 13.0. The molecule has 1 aromatic heterocycles. The van der Waals surface area contributed by atoms with E-state index in [1.54, 1.807) is 31.5 Å². The molecule has 7 heteroatoms. The Morgan fingerprint density at radius 2 is 2.35 bits per heavy atom. The first-order valence-corrected chi connectivity index (χ1v) is 7.65. The first kappa shape index (κ1) is 15.6. The summed E-state index contributed by atoms with van der Waals surface area (Å²) in [6.07, 6.45) is 3.80. The number of methoxy groups -OCH3 is 1. The SMILES string of the molecule is COCC1(CNc2ccc([N+](=O)[O-])c3cccnc23)CCCN1. The number of aromatic nitrogens is 1. The van der Waals surface area contributed by atoms with Crippen molar-refractivity contribution < 1.29 is 9.66 Å². The molecule has 0 spiro atoms. The van der Waals surface area contributed by atoms with E-state index in [1.165, 1.54) is 6.07 Å². The number of pyridine rings is 1. The summed E-state index contributed by atoms with van der Waals surface area (Å²) in [7, 11) is 1.70. The van der Waals surface area contributed by atoms with E-state index < -0.39 is 0 Å². The largest absolute Gasteiger partial charge is 0.383 e. The van der Waals surface area contributed by atoms with E-state index in [1.807, 2.05) is 0 Å². The topological polar surface area (TPSA) is 89.3 Å². The Morgan fingerprint density at radius 3 is 3.04 bits per heavy atom. The molecule has 0 radical (unpaired) electrons. The quantitative estimate of drug-likeness (QED) is 0.628. The van der Waals surface area contributed by atoms with E-state index >= 15 is 0 Å². The Balaban J connectivity index is 1.89. The van der Waals surface area contributed by atoms with Gasteiger partial charge in [0.2, 0.25) is 0 Å². The number of non-ortho nitro benzene ring substituents is 1. The van der Waals surface area contributed by atoms with Gasteiger partial charge in [0.15, 0.2) is 0 Å². The normalized spacial score (nSPS) is 20.7. The van der Waals surface area contributed by atoms with Crippen molar-refractivity contribution in [3.63, 3.8) is 0 Å². The van der Waals surface area contributed by atoms with Crippen molar-refractivity contribution in [1.82, 2.24) is 10.3 Å². The molecule has 1 unspecified atom stereocenters. The molecule has 1 aromatic carbocycles. The predicted molar refractivity (Wildman–Crippen MR) is 88.7 cm³/mol. The maximum Gasteiger partial charge on any atom is 0.278 e. The van der Waals surface area contributed by atoms with Gasteiger partial charge < -0.3 is 15.4 Å². The molecule has 122 valence electrons. The third-order valence-corrected chi connectivity index (χ3v) is 4.31. The molecule has 0 amide bonds. The van der Waals surface area contributed by atoms with Crippen LogP contribution < -0.4 is 10.6 Å². The van der Waals surface area contributed by atoms with Crippen LogP contribution in [-0.4, -0.2) is 42.3 Å². The van der Waals surface area contributed by atoms with Gasteiger partial charge in [-0.15, -0.1) is 0 Å². The third kappa shape index (κ3) is 3.11. The zero-order chi connectivity index (χ0) is 16.3. The predicted octanol–water partition coefficient (Wildman–Crippen LogP) is 2.32. The molecule has 1 aliphatic rings. The molecule has 2 aromatic rings. The highest BCUT2D eigenvalue weighted by atomic mass is 16.6. The second-order valence-corrected chi connectivity index (χ2v) is 5.89. The first-order valence-electron chi connectivity index (χ1n) is 7.65. The number of nitro benzene ring substituents is 1. The second kappa shape index (κ2) is 6.47. The minimum Gasteiger partial charge on any atom is -0.383 e. The summed E-state index contributed by atoms with van der Waals surface area (Å²) >= 11 is 0. The molecule has 0 saturated carbocycles. The Hall–Kier alpha value is -2.25. The third-order valence-electron chi connectivity index (χ3n) is 4.31. The van der Waals surface area contributed by atoms with E-state index in [0.29, 0.717) is 24.1 Å². The summed E-state index contributed by atoms with van der Waals surface area (Å²) in [4.78, 5) is 15.1. The van der Waals surface area contributed by atoms with Crippen molar-refractivity contribution in [2.75, 3.05) is 32.1 Å². The molecule has 1 fully saturated rings. The maximum absolute atomic E-state index is 11.2. The zero-order valence-corrected chi connectivity index (χ0v) is 13.0. The van der Waals surface area contributed by atoms with Gasteiger partial charge in [-0.3, -0.25) is 15.1 Å². The molecule has 1 aliphatic heterocycles. The van der Waals surface area contributed by atoms with Crippen LogP contribution in [0.25, 0.3) is 10.9 Å². The van der Waals surface area contributed by atoms with Gasteiger partial charge in [0.25, 0.3) is 5.69 Å². The number of nitrogens with zero attached hydrogens (tertiary/aromatic N) is 2. The van der Waals surface area contributed by atoms with E-state index in [-0.39, 0.29) is 16.1 Å². The molecule has 3 rings (SSSR count). The number of nitrogens with one attached hydrogen (secondary N) is 2. The highest BCUT2D eigenvalue weighted by molar-refractivity contribution is 5.96. The molecule has 2 N–H and O–H groups in total. The number of hydrogen-bond acceptors (Lipinski definition) is 6. The van der Waals surface area contributed by atoms with Crippen LogP contribution in [0, 0.1) is 10.1 Å². The van der Waals surface area contributed by atoms with Gasteiger partial charge in [0, 0.05) is 25.9 Å². The van der Waals surface area contributed by atoms with Crippen molar-refractivity contribution in [2.24, 2.45) is 0 Å². The summed E-state index contributed by atoms with van der Waals surface area (Å²) in [5, 5.41) is 18.6. The number of nitro groups is 1. The van der Waals surface area contributed by atoms with Crippen LogP contribution in [0.4, 0.5) is 11.4 Å². The van der Waals surface area contributed by atoms with Gasteiger partial charge >= 0.3 is 0 Å². The van der Waals surface area contributed by atoms with E-state index in [2.05, 4.69) is 15.6 Å². The van der Waals surface area contributed by atoms with Crippen LogP contribution in [0.3, 0.4) is 0 Å². The lowest BCUT2D eigenvalue weighted by Gasteiger charge is -2.29. The molecular weight excluding hydrogens is 296 g/mol. The number of anilines is 1. The van der Waals surface area contributed by atoms with E-state index in [4.69, 9.17) is 4.74 Å². The van der Waals surface area contributed by atoms with Crippen LogP contribution in [0.2, 0.25) is 0 Å². The van der Waals surface area contributed by atoms with Crippen LogP contribution in [0.5, 0.6) is 0 Å². The second-order valence-electron chi connectivity index (χ2n) is 5.89. The monoisotopic (exact) mass is 316 g/mol. The van der Waals surface area contributed by atoms with Gasteiger partial charge in [-0.1, -0.05) is 0 Å². The number of fused-ring (bicyclic) bond motifs is 1. The van der Waals surface area contributed by atoms with Crippen molar-refractivity contribution in [2.45, 2.75) is 18.4 Å². The summed E-state index contributed by atoms with van der Waals surface area (Å²) < 4.78 is 5.35. The Morgan fingerprint density at radius 1 is 1.48 bits per heavy atom. The Kier molecular flexibility index (Phi) is 4.40. The molecule has 23 heavy (non-hydrogen) atoms. The fourth-order valence-electron chi connectivity index (χ4n) is 3.19. The smallest absolute Gasteiger partial charge is 0.278 e. The molecule has 0 bridgehead atoms. The van der Waals surface area contributed by atoms with Gasteiger partial charge in [-0.05, 0) is 37.6 Å². The Labute approximate surface area is 134 Å². The van der Waals surface area contributed by atoms with Crippen molar-refractivity contribution in [3.05, 3.63) is 40.6 Å². The Bertz CT molecular complexity index is 714. The van der Waals surface area contributed by atoms with Gasteiger partial charge in [-0.2, -0.15) is 0 Å². The first-order chi connectivity index (χ1) is 11.2. The van der Waals surface area contributed by atoms with Gasteiger partial charge in [0.1, 0.15) is 5.52 Å². The number of ether oxygens (including phenoxy) is 1. The lowest BCUT2D eigenvalue weighted by molar-refractivity contribution is -0.383. The summed E-state index contributed by atoms with van der Waals surface area (Å²) in [6.45, 7) is 2.28. The van der Waals surface area contributed by atoms with Crippen molar-refractivity contribution in [1.29, 1.82) is 0 Å². The van der Waals surface area contributed by atoms with Crippen LogP contribution >= 0.6 is 0 Å². The van der Waals surface area contributed by atoms with Crippen LogP contribution in [0.1, 0.15) is 12.8 Å². The van der Waals surface area contributed by atoms with E-state index in [0.717, 1.165) is 25.1 Å². The number of benzene rings is 1. The average Bonchev–Trinajstić information content (AvgIpc) is 3.01. The highest BCUT2D eigenvalue weighted by Gasteiger charge is 2.33. The summed E-state index contributed by atoms with van der Waals surface area (Å²) in [5.74, 6) is 0. The molecule has 2 heterocycles. The molecule has 7 nitrogen and oxygen atoms in total. The molecule has 0 aliphatic carbocycles. The fraction of sp³-hybridized carbons (Fsp3) is 0.438. The maximum atomic E-state index is 11.2.